The first kappa shape index (κ1) is 21.9. The van der Waals surface area contributed by atoms with Crippen molar-refractivity contribution in [1.82, 2.24) is 15.2 Å². The van der Waals surface area contributed by atoms with Gasteiger partial charge in [0.15, 0.2) is 0 Å². The van der Waals surface area contributed by atoms with Gasteiger partial charge in [-0.2, -0.15) is 0 Å². The summed E-state index contributed by atoms with van der Waals surface area (Å²) in [6, 6.07) is 12.9. The second-order valence-electron chi connectivity index (χ2n) is 9.65. The van der Waals surface area contributed by atoms with Crippen molar-refractivity contribution in [2.75, 3.05) is 0 Å². The van der Waals surface area contributed by atoms with Crippen LogP contribution in [-0.4, -0.2) is 39.9 Å². The first-order chi connectivity index (χ1) is 16.2. The first-order valence-corrected chi connectivity index (χ1v) is 12.5. The van der Waals surface area contributed by atoms with Crippen molar-refractivity contribution in [3.8, 4) is 5.88 Å². The molecule has 2 aliphatic carbocycles. The number of ether oxygens (including phenoxy) is 1. The average Bonchev–Trinajstić information content (AvgIpc) is 3.51. The molecule has 2 amide bonds. The highest BCUT2D eigenvalue weighted by atomic mass is 16.5. The minimum atomic E-state index is -0.429. The normalized spacial score (nSPS) is 25.0. The smallest absolute Gasteiger partial charge is 0.254 e. The summed E-state index contributed by atoms with van der Waals surface area (Å²) >= 11 is 0. The van der Waals surface area contributed by atoms with Crippen molar-refractivity contribution in [2.45, 2.75) is 82.5 Å². The topological polar surface area (TPSA) is 71.5 Å². The molecular weight excluding hydrogens is 414 g/mol. The summed E-state index contributed by atoms with van der Waals surface area (Å²) in [5.41, 5.74) is 1.54. The molecule has 1 saturated heterocycles. The van der Waals surface area contributed by atoms with E-state index in [2.05, 4.69) is 10.3 Å². The molecule has 174 valence electrons. The quantitative estimate of drug-likeness (QED) is 0.708. The molecule has 1 aromatic heterocycles. The molecule has 0 radical (unpaired) electrons. The molecular formula is C27H33N3O3. The van der Waals surface area contributed by atoms with E-state index in [0.29, 0.717) is 23.9 Å². The Morgan fingerprint density at radius 2 is 1.73 bits per heavy atom. The Kier molecular flexibility index (Phi) is 6.60. The lowest BCUT2D eigenvalue weighted by atomic mass is 9.84. The Morgan fingerprint density at radius 1 is 0.970 bits per heavy atom. The largest absolute Gasteiger partial charge is 0.474 e. The summed E-state index contributed by atoms with van der Waals surface area (Å²) in [6.07, 6.45) is 11.6. The van der Waals surface area contributed by atoms with Crippen LogP contribution in [-0.2, 0) is 11.3 Å². The van der Waals surface area contributed by atoms with Crippen LogP contribution in [0.5, 0.6) is 5.88 Å². The number of nitrogens with one attached hydrogen (secondary N) is 1. The van der Waals surface area contributed by atoms with Gasteiger partial charge in [0.25, 0.3) is 5.91 Å². The van der Waals surface area contributed by atoms with E-state index < -0.39 is 6.04 Å². The lowest BCUT2D eigenvalue weighted by molar-refractivity contribution is -0.125. The SMILES string of the molecule is O=C(NCc1cccnc1OC1CCCC1)C1CC2CCCCC2N1C(=O)c1ccccc1. The van der Waals surface area contributed by atoms with E-state index in [1.807, 2.05) is 47.4 Å². The number of nitrogens with zero attached hydrogens (tertiary/aromatic N) is 2. The maximum atomic E-state index is 13.5. The van der Waals surface area contributed by atoms with Crippen molar-refractivity contribution in [3.05, 3.63) is 59.8 Å². The van der Waals surface area contributed by atoms with Crippen molar-refractivity contribution in [3.63, 3.8) is 0 Å². The Morgan fingerprint density at radius 3 is 2.55 bits per heavy atom. The number of rotatable bonds is 6. The summed E-state index contributed by atoms with van der Waals surface area (Å²) in [5, 5.41) is 3.10. The molecule has 3 unspecified atom stereocenters. The van der Waals surface area contributed by atoms with Gasteiger partial charge in [-0.25, -0.2) is 4.98 Å². The Bertz CT molecular complexity index is 974. The van der Waals surface area contributed by atoms with Crippen LogP contribution in [0, 0.1) is 5.92 Å². The van der Waals surface area contributed by atoms with Crippen LogP contribution in [0.4, 0.5) is 0 Å². The number of carbonyl (C=O) groups excluding carboxylic acids is 2. The van der Waals surface area contributed by atoms with Crippen LogP contribution in [0.1, 0.15) is 73.7 Å². The highest BCUT2D eigenvalue weighted by Crippen LogP contribution is 2.40. The second-order valence-corrected chi connectivity index (χ2v) is 9.65. The van der Waals surface area contributed by atoms with Crippen molar-refractivity contribution < 1.29 is 14.3 Å². The van der Waals surface area contributed by atoms with Crippen molar-refractivity contribution in [2.24, 2.45) is 5.92 Å². The summed E-state index contributed by atoms with van der Waals surface area (Å²) in [6.45, 7) is 0.355. The predicted octanol–water partition coefficient (Wildman–Crippen LogP) is 4.49. The molecule has 1 aliphatic heterocycles. The summed E-state index contributed by atoms with van der Waals surface area (Å²) in [5.74, 6) is 0.907. The number of carbonyl (C=O) groups is 2. The van der Waals surface area contributed by atoms with Crippen LogP contribution in [0.25, 0.3) is 0 Å². The number of likely N-dealkylation sites (tertiary alicyclic amines) is 1. The molecule has 1 N–H and O–H groups in total. The van der Waals surface area contributed by atoms with E-state index in [0.717, 1.165) is 44.1 Å². The molecule has 3 fully saturated rings. The van der Waals surface area contributed by atoms with Crippen LogP contribution in [0.2, 0.25) is 0 Å². The minimum absolute atomic E-state index is 0.0308. The van der Waals surface area contributed by atoms with Gasteiger partial charge in [-0.3, -0.25) is 9.59 Å². The van der Waals surface area contributed by atoms with E-state index in [1.165, 1.54) is 19.3 Å². The Hall–Kier alpha value is -2.89. The van der Waals surface area contributed by atoms with Crippen LogP contribution in [0.15, 0.2) is 48.7 Å². The van der Waals surface area contributed by atoms with E-state index in [1.54, 1.807) is 6.20 Å². The van der Waals surface area contributed by atoms with Gasteiger partial charge in [-0.1, -0.05) is 37.1 Å². The zero-order valence-corrected chi connectivity index (χ0v) is 19.1. The Labute approximate surface area is 195 Å². The maximum absolute atomic E-state index is 13.5. The summed E-state index contributed by atoms with van der Waals surface area (Å²) < 4.78 is 6.13. The number of fused-ring (bicyclic) bond motifs is 1. The molecule has 6 nitrogen and oxygen atoms in total. The molecule has 3 atom stereocenters. The maximum Gasteiger partial charge on any atom is 0.254 e. The van der Waals surface area contributed by atoms with Crippen LogP contribution < -0.4 is 10.1 Å². The third-order valence-electron chi connectivity index (χ3n) is 7.53. The number of hydrogen-bond acceptors (Lipinski definition) is 4. The average molecular weight is 448 g/mol. The molecule has 5 rings (SSSR count). The highest BCUT2D eigenvalue weighted by Gasteiger charge is 2.47. The lowest BCUT2D eigenvalue weighted by Crippen LogP contribution is -2.49. The first-order valence-electron chi connectivity index (χ1n) is 12.5. The zero-order valence-electron chi connectivity index (χ0n) is 19.1. The molecule has 2 heterocycles. The fraction of sp³-hybridized carbons (Fsp3) is 0.519. The number of amides is 2. The predicted molar refractivity (Wildman–Crippen MR) is 126 cm³/mol. The molecule has 0 spiro atoms. The van der Waals surface area contributed by atoms with Gasteiger partial charge in [-0.05, 0) is 69.1 Å². The molecule has 2 saturated carbocycles. The third-order valence-corrected chi connectivity index (χ3v) is 7.53. The molecule has 0 bridgehead atoms. The van der Waals surface area contributed by atoms with E-state index in [9.17, 15) is 9.59 Å². The monoisotopic (exact) mass is 447 g/mol. The Balaban J connectivity index is 1.30. The molecule has 1 aromatic carbocycles. The third kappa shape index (κ3) is 4.75. The molecule has 6 heteroatoms. The number of pyridine rings is 1. The fourth-order valence-electron chi connectivity index (χ4n) is 5.85. The van der Waals surface area contributed by atoms with Gasteiger partial charge in [0.1, 0.15) is 12.1 Å². The van der Waals surface area contributed by atoms with E-state index >= 15 is 0 Å². The second kappa shape index (κ2) is 9.94. The van der Waals surface area contributed by atoms with Crippen LogP contribution >= 0.6 is 0 Å². The number of hydrogen-bond donors (Lipinski definition) is 1. The fourth-order valence-corrected chi connectivity index (χ4v) is 5.85. The van der Waals surface area contributed by atoms with Gasteiger partial charge in [0.05, 0.1) is 0 Å². The van der Waals surface area contributed by atoms with E-state index in [-0.39, 0.29) is 24.0 Å². The lowest BCUT2D eigenvalue weighted by Gasteiger charge is -2.33. The van der Waals surface area contributed by atoms with Gasteiger partial charge in [0.2, 0.25) is 11.8 Å². The highest BCUT2D eigenvalue weighted by molar-refractivity contribution is 5.98. The summed E-state index contributed by atoms with van der Waals surface area (Å²) in [7, 11) is 0. The standard InChI is InChI=1S/C27H33N3O3/c31-25(29-18-21-12-8-16-28-26(21)33-22-13-5-6-14-22)24-17-20-11-4-7-15-23(20)30(24)27(32)19-9-2-1-3-10-19/h1-3,8-10,12,16,20,22-24H,4-7,11,13-15,17-18H2,(H,29,31). The molecule has 33 heavy (non-hydrogen) atoms. The van der Waals surface area contributed by atoms with Gasteiger partial charge in [-0.15, -0.1) is 0 Å². The minimum Gasteiger partial charge on any atom is -0.474 e. The van der Waals surface area contributed by atoms with Crippen molar-refractivity contribution >= 4 is 11.8 Å². The van der Waals surface area contributed by atoms with Gasteiger partial charge >= 0.3 is 0 Å². The van der Waals surface area contributed by atoms with Gasteiger partial charge < -0.3 is 15.0 Å². The van der Waals surface area contributed by atoms with Gasteiger partial charge in [0, 0.05) is 29.9 Å². The van der Waals surface area contributed by atoms with Crippen LogP contribution in [0.3, 0.4) is 0 Å². The molecule has 2 aromatic rings. The van der Waals surface area contributed by atoms with E-state index in [4.69, 9.17) is 4.74 Å². The number of aromatic nitrogens is 1. The zero-order chi connectivity index (χ0) is 22.6. The summed E-state index contributed by atoms with van der Waals surface area (Å²) in [4.78, 5) is 33.2. The van der Waals surface area contributed by atoms with Crippen molar-refractivity contribution in [1.29, 1.82) is 0 Å². The number of benzene rings is 1. The molecule has 3 aliphatic rings.